The highest BCUT2D eigenvalue weighted by molar-refractivity contribution is 14.1. The molecular weight excluding hydrogens is 443 g/mol. The van der Waals surface area contributed by atoms with Crippen molar-refractivity contribution >= 4 is 50.7 Å². The Morgan fingerprint density at radius 2 is 2.17 bits per heavy atom. The molecule has 1 atom stereocenters. The van der Waals surface area contributed by atoms with Crippen LogP contribution in [0.5, 0.6) is 0 Å². The fourth-order valence-electron chi connectivity index (χ4n) is 2.95. The zero-order valence-electron chi connectivity index (χ0n) is 13.4. The fraction of sp³-hybridized carbons (Fsp3) is 0.400. The topological polar surface area (TPSA) is 110 Å². The summed E-state index contributed by atoms with van der Waals surface area (Å²) in [6.45, 7) is 5.86. The van der Waals surface area contributed by atoms with Gasteiger partial charge in [-0.2, -0.15) is 5.10 Å². The van der Waals surface area contributed by atoms with Crippen molar-refractivity contribution in [3.8, 4) is 0 Å². The zero-order valence-corrected chi connectivity index (χ0v) is 16.4. The Balaban J connectivity index is 2.07. The second-order valence-electron chi connectivity index (χ2n) is 6.29. The number of hydrogen-bond donors (Lipinski definition) is 3. The van der Waals surface area contributed by atoms with Gasteiger partial charge in [-0.25, -0.2) is 0 Å². The van der Waals surface area contributed by atoms with E-state index in [0.29, 0.717) is 22.7 Å². The number of carbonyl (C=O) groups is 2. The molecule has 0 bridgehead atoms. The molecule has 2 aromatic rings. The molecule has 7 nitrogen and oxygen atoms in total. The molecule has 3 rings (SSSR count). The Morgan fingerprint density at radius 3 is 2.75 bits per heavy atom. The zero-order chi connectivity index (χ0) is 17.7. The molecule has 2 aromatic heterocycles. The average molecular weight is 460 g/mol. The molecule has 0 saturated carbocycles. The molecule has 128 valence electrons. The summed E-state index contributed by atoms with van der Waals surface area (Å²) >= 11 is 3.55. The van der Waals surface area contributed by atoms with Gasteiger partial charge in [0, 0.05) is 17.5 Å². The van der Waals surface area contributed by atoms with Crippen LogP contribution < -0.4 is 11.1 Å². The summed E-state index contributed by atoms with van der Waals surface area (Å²) in [5.74, 6) is -0.929. The molecule has 0 aliphatic carbocycles. The number of ether oxygens (including phenoxy) is 1. The number of nitrogens with one attached hydrogen (secondary N) is 2. The summed E-state index contributed by atoms with van der Waals surface area (Å²) in [7, 11) is 0. The molecule has 1 unspecified atom stereocenters. The number of amides is 2. The van der Waals surface area contributed by atoms with Crippen molar-refractivity contribution in [3.63, 3.8) is 0 Å². The monoisotopic (exact) mass is 460 g/mol. The average Bonchev–Trinajstić information content (AvgIpc) is 3.03. The van der Waals surface area contributed by atoms with Gasteiger partial charge in [0.1, 0.15) is 14.3 Å². The normalized spacial score (nSPS) is 22.0. The molecule has 3 heterocycles. The Kier molecular flexibility index (Phi) is 4.21. The van der Waals surface area contributed by atoms with Crippen molar-refractivity contribution in [1.29, 1.82) is 0 Å². The van der Waals surface area contributed by atoms with Gasteiger partial charge in [-0.3, -0.25) is 14.7 Å². The van der Waals surface area contributed by atoms with Crippen molar-refractivity contribution < 1.29 is 14.3 Å². The van der Waals surface area contributed by atoms with Gasteiger partial charge in [-0.15, -0.1) is 11.3 Å². The third kappa shape index (κ3) is 3.07. The van der Waals surface area contributed by atoms with Crippen LogP contribution in [0.2, 0.25) is 0 Å². The number of primary amides is 1. The van der Waals surface area contributed by atoms with E-state index in [-0.39, 0.29) is 5.91 Å². The predicted molar refractivity (Wildman–Crippen MR) is 99.6 cm³/mol. The first-order chi connectivity index (χ1) is 11.1. The van der Waals surface area contributed by atoms with E-state index in [2.05, 4.69) is 38.1 Å². The summed E-state index contributed by atoms with van der Waals surface area (Å²) in [5, 5.41) is 9.56. The van der Waals surface area contributed by atoms with Gasteiger partial charge in [-0.1, -0.05) is 0 Å². The number of hydrogen-bond acceptors (Lipinski definition) is 5. The van der Waals surface area contributed by atoms with E-state index >= 15 is 0 Å². The Bertz CT molecular complexity index is 811. The predicted octanol–water partition coefficient (Wildman–Crippen LogP) is 2.78. The molecule has 0 saturated heterocycles. The largest absolute Gasteiger partial charge is 0.365 e. The van der Waals surface area contributed by atoms with Crippen molar-refractivity contribution in [1.82, 2.24) is 10.2 Å². The van der Waals surface area contributed by atoms with E-state index < -0.39 is 15.1 Å². The number of fused-ring (bicyclic) bond motifs is 1. The lowest BCUT2D eigenvalue weighted by Crippen LogP contribution is -2.40. The standard InChI is InChI=1S/C15H17IN4O3S/c1-14(2)10-7(6-15(3,16)23-14)9(11(17)21)13(24-10)19-12(22)8-4-5-18-20-8/h4-5H,6H2,1-3H3,(H2,17,21)(H,18,20)(H,19,22). The molecule has 0 radical (unpaired) electrons. The van der Waals surface area contributed by atoms with Crippen molar-refractivity contribution in [2.24, 2.45) is 5.73 Å². The molecule has 1 aliphatic rings. The van der Waals surface area contributed by atoms with Gasteiger partial charge in [0.25, 0.3) is 11.8 Å². The molecule has 0 fully saturated rings. The highest BCUT2D eigenvalue weighted by Crippen LogP contribution is 2.50. The van der Waals surface area contributed by atoms with Gasteiger partial charge in [-0.05, 0) is 55.0 Å². The van der Waals surface area contributed by atoms with E-state index in [1.807, 2.05) is 20.8 Å². The summed E-state index contributed by atoms with van der Waals surface area (Å²) in [4.78, 5) is 25.3. The number of H-pyrrole nitrogens is 1. The van der Waals surface area contributed by atoms with Crippen LogP contribution in [-0.4, -0.2) is 25.6 Å². The van der Waals surface area contributed by atoms with E-state index in [9.17, 15) is 9.59 Å². The lowest BCUT2D eigenvalue weighted by Gasteiger charge is -2.39. The number of halogens is 1. The number of rotatable bonds is 3. The van der Waals surface area contributed by atoms with Crippen LogP contribution in [0.3, 0.4) is 0 Å². The van der Waals surface area contributed by atoms with E-state index in [1.54, 1.807) is 6.07 Å². The number of nitrogens with zero attached hydrogens (tertiary/aromatic N) is 1. The summed E-state index contributed by atoms with van der Waals surface area (Å²) in [5.41, 5.74) is 6.56. The summed E-state index contributed by atoms with van der Waals surface area (Å²) in [6.07, 6.45) is 2.03. The summed E-state index contributed by atoms with van der Waals surface area (Å²) in [6, 6.07) is 1.56. The third-order valence-corrected chi connectivity index (χ3v) is 5.79. The number of aromatic nitrogens is 2. The van der Waals surface area contributed by atoms with E-state index in [4.69, 9.17) is 10.5 Å². The number of alkyl halides is 1. The molecule has 24 heavy (non-hydrogen) atoms. The smallest absolute Gasteiger partial charge is 0.274 e. The van der Waals surface area contributed by atoms with Gasteiger partial charge in [0.2, 0.25) is 0 Å². The van der Waals surface area contributed by atoms with Gasteiger partial charge < -0.3 is 15.8 Å². The highest BCUT2D eigenvalue weighted by Gasteiger charge is 2.43. The van der Waals surface area contributed by atoms with Crippen LogP contribution in [0.1, 0.15) is 52.1 Å². The SMILES string of the molecule is CC1(I)Cc2c(sc(NC(=O)c3ccn[nH]3)c2C(N)=O)C(C)(C)O1. The fourth-order valence-corrected chi connectivity index (χ4v) is 5.14. The lowest BCUT2D eigenvalue weighted by molar-refractivity contribution is -0.0863. The molecule has 0 aromatic carbocycles. The number of carbonyl (C=O) groups excluding carboxylic acids is 2. The molecule has 9 heteroatoms. The Hall–Kier alpha value is -1.46. The summed E-state index contributed by atoms with van der Waals surface area (Å²) < 4.78 is 5.67. The van der Waals surface area contributed by atoms with Crippen LogP contribution in [-0.2, 0) is 16.8 Å². The number of aromatic amines is 1. The molecule has 2 amide bonds. The van der Waals surface area contributed by atoms with Crippen LogP contribution in [0.25, 0.3) is 0 Å². The molecule has 1 aliphatic heterocycles. The number of thiophene rings is 1. The molecule has 0 spiro atoms. The van der Waals surface area contributed by atoms with Crippen LogP contribution >= 0.6 is 33.9 Å². The van der Waals surface area contributed by atoms with Gasteiger partial charge >= 0.3 is 0 Å². The molecule has 4 N–H and O–H groups in total. The minimum Gasteiger partial charge on any atom is -0.365 e. The maximum Gasteiger partial charge on any atom is 0.274 e. The number of nitrogens with two attached hydrogens (primary N) is 1. The van der Waals surface area contributed by atoms with E-state index in [0.717, 1.165) is 10.4 Å². The van der Waals surface area contributed by atoms with Crippen molar-refractivity contribution in [2.45, 2.75) is 36.4 Å². The molecular formula is C15H17IN4O3S. The third-order valence-electron chi connectivity index (χ3n) is 3.73. The highest BCUT2D eigenvalue weighted by atomic mass is 127. The first-order valence-electron chi connectivity index (χ1n) is 7.26. The maximum atomic E-state index is 12.3. The Labute approximate surface area is 156 Å². The quantitative estimate of drug-likeness (QED) is 0.483. The maximum absolute atomic E-state index is 12.3. The minimum atomic E-state index is -0.574. The minimum absolute atomic E-state index is 0.311. The lowest BCUT2D eigenvalue weighted by atomic mass is 9.92. The Morgan fingerprint density at radius 1 is 1.46 bits per heavy atom. The van der Waals surface area contributed by atoms with Crippen LogP contribution in [0.15, 0.2) is 12.3 Å². The van der Waals surface area contributed by atoms with Crippen molar-refractivity contribution in [2.75, 3.05) is 5.32 Å². The van der Waals surface area contributed by atoms with Crippen LogP contribution in [0, 0.1) is 0 Å². The first-order valence-corrected chi connectivity index (χ1v) is 9.16. The second-order valence-corrected chi connectivity index (χ2v) is 9.60. The number of anilines is 1. The van der Waals surface area contributed by atoms with Crippen LogP contribution in [0.4, 0.5) is 5.00 Å². The first kappa shape index (κ1) is 17.4. The van der Waals surface area contributed by atoms with Gasteiger partial charge in [0.15, 0.2) is 0 Å². The van der Waals surface area contributed by atoms with Gasteiger partial charge in [0.05, 0.1) is 11.2 Å². The second kappa shape index (κ2) is 5.81. The van der Waals surface area contributed by atoms with E-state index in [1.165, 1.54) is 17.5 Å². The van der Waals surface area contributed by atoms with Crippen molar-refractivity contribution in [3.05, 3.63) is 34.0 Å².